The van der Waals surface area contributed by atoms with Crippen LogP contribution in [0.2, 0.25) is 0 Å². The van der Waals surface area contributed by atoms with Crippen LogP contribution in [0, 0.1) is 10.8 Å². The number of amidine groups is 2. The Hall–Kier alpha value is -6.68. The van der Waals surface area contributed by atoms with Crippen molar-refractivity contribution in [2.24, 2.45) is 0 Å². The lowest BCUT2D eigenvalue weighted by atomic mass is 10.0. The fraction of sp³-hybridized carbons (Fsp3) is 0.349. The number of piperidine rings is 1. The van der Waals surface area contributed by atoms with Crippen LogP contribution in [-0.4, -0.2) is 119 Å². The molecule has 0 spiro atoms. The number of piperazine rings is 1. The van der Waals surface area contributed by atoms with Crippen LogP contribution in [0.15, 0.2) is 85.3 Å². The van der Waals surface area contributed by atoms with E-state index in [9.17, 15) is 19.2 Å². The van der Waals surface area contributed by atoms with Gasteiger partial charge in [0.25, 0.3) is 11.8 Å². The number of imide groups is 1. The van der Waals surface area contributed by atoms with Crippen LogP contribution < -0.4 is 25.6 Å². The summed E-state index contributed by atoms with van der Waals surface area (Å²) in [6.45, 7) is 7.52. The molecule has 3 aliphatic heterocycles. The van der Waals surface area contributed by atoms with Crippen LogP contribution in [0.5, 0.6) is 5.75 Å². The first-order valence-corrected chi connectivity index (χ1v) is 19.8. The molecule has 0 saturated carbocycles. The maximum Gasteiger partial charge on any atom is 0.255 e. The van der Waals surface area contributed by atoms with Crippen molar-refractivity contribution >= 4 is 46.7 Å². The number of rotatable bonds is 14. The van der Waals surface area contributed by atoms with Crippen molar-refractivity contribution in [2.75, 3.05) is 63.1 Å². The average Bonchev–Trinajstić information content (AvgIpc) is 3.59. The highest BCUT2D eigenvalue weighted by molar-refractivity contribution is 6.07. The van der Waals surface area contributed by atoms with Gasteiger partial charge in [-0.05, 0) is 85.5 Å². The smallest absolute Gasteiger partial charge is 0.255 e. The molecule has 16 nitrogen and oxygen atoms in total. The number of fused-ring (bicyclic) bond motifs is 1. The molecule has 4 amide bonds. The summed E-state index contributed by atoms with van der Waals surface area (Å²) in [4.78, 5) is 66.0. The highest BCUT2D eigenvalue weighted by Crippen LogP contribution is 2.31. The second-order valence-corrected chi connectivity index (χ2v) is 14.9. The van der Waals surface area contributed by atoms with E-state index >= 15 is 0 Å². The summed E-state index contributed by atoms with van der Waals surface area (Å²) in [6, 6.07) is 21.5. The molecule has 2 saturated heterocycles. The quantitative estimate of drug-likeness (QED) is 0.0524. The number of benzene rings is 3. The van der Waals surface area contributed by atoms with Gasteiger partial charge < -0.3 is 30.1 Å². The fourth-order valence-electron chi connectivity index (χ4n) is 7.49. The zero-order valence-electron chi connectivity index (χ0n) is 33.2. The summed E-state index contributed by atoms with van der Waals surface area (Å²) in [6.07, 6.45) is 4.39. The molecule has 0 bridgehead atoms. The van der Waals surface area contributed by atoms with Gasteiger partial charge in [0.1, 0.15) is 29.6 Å². The Kier molecular flexibility index (Phi) is 12.6. The molecule has 0 radical (unpaired) electrons. The predicted octanol–water partition coefficient (Wildman–Crippen LogP) is 4.40. The van der Waals surface area contributed by atoms with Crippen molar-refractivity contribution in [1.29, 1.82) is 10.8 Å². The highest BCUT2D eigenvalue weighted by Gasteiger charge is 2.39. The zero-order valence-corrected chi connectivity index (χ0v) is 33.2. The summed E-state index contributed by atoms with van der Waals surface area (Å²) >= 11 is 0. The number of hydrogen-bond acceptors (Lipinski definition) is 12. The Morgan fingerprint density at radius 1 is 1.03 bits per heavy atom. The first kappa shape index (κ1) is 40.5. The summed E-state index contributed by atoms with van der Waals surface area (Å²) in [5, 5.41) is 25.3. The molecule has 312 valence electrons. The third-order valence-corrected chi connectivity index (χ3v) is 11.0. The van der Waals surface area contributed by atoms with Gasteiger partial charge >= 0.3 is 0 Å². The number of amides is 4. The van der Waals surface area contributed by atoms with Crippen molar-refractivity contribution in [3.05, 3.63) is 113 Å². The number of nitrogens with zero attached hydrogens (tertiary/aromatic N) is 6. The lowest BCUT2D eigenvalue weighted by molar-refractivity contribution is -0.136. The SMILES string of the molecule is C[C@@H](NC(=O)c1cccc(NCC(=N)N(C)C(=N)c2ccncn2)c1)c1ccc(OCCCN2CCN(c3ccc4c(c3)CN(C3CCC(=O)NC3=O)C4=O)CC2)cc1.[HH].[HH].[HH]. The molecule has 3 aromatic carbocycles. The number of aromatic nitrogens is 2. The molecule has 2 atom stereocenters. The van der Waals surface area contributed by atoms with Crippen LogP contribution in [0.4, 0.5) is 11.4 Å². The highest BCUT2D eigenvalue weighted by atomic mass is 16.5. The van der Waals surface area contributed by atoms with E-state index in [0.29, 0.717) is 42.1 Å². The average molecular weight is 806 g/mol. The maximum atomic E-state index is 13.2. The molecule has 5 N–H and O–H groups in total. The summed E-state index contributed by atoms with van der Waals surface area (Å²) in [7, 11) is 1.64. The van der Waals surface area contributed by atoms with E-state index in [1.54, 1.807) is 42.4 Å². The third-order valence-electron chi connectivity index (χ3n) is 11.0. The van der Waals surface area contributed by atoms with Crippen molar-refractivity contribution in [3.8, 4) is 5.75 Å². The molecule has 16 heteroatoms. The normalized spacial score (nSPS) is 17.2. The molecule has 59 heavy (non-hydrogen) atoms. The minimum Gasteiger partial charge on any atom is -0.494 e. The van der Waals surface area contributed by atoms with Gasteiger partial charge in [-0.2, -0.15) is 0 Å². The lowest BCUT2D eigenvalue weighted by Crippen LogP contribution is -2.52. The van der Waals surface area contributed by atoms with Gasteiger partial charge in [-0.15, -0.1) is 0 Å². The van der Waals surface area contributed by atoms with Gasteiger partial charge in [0.15, 0.2) is 5.84 Å². The van der Waals surface area contributed by atoms with Gasteiger partial charge in [0, 0.05) is 85.7 Å². The number of carbonyl (C=O) groups is 4. The molecule has 1 aromatic heterocycles. The zero-order chi connectivity index (χ0) is 41.5. The van der Waals surface area contributed by atoms with E-state index < -0.39 is 11.9 Å². The Labute approximate surface area is 347 Å². The monoisotopic (exact) mass is 805 g/mol. The number of carbonyl (C=O) groups excluding carboxylic acids is 4. The molecular formula is C43H55N11O5. The molecule has 0 aliphatic carbocycles. The Morgan fingerprint density at radius 3 is 2.58 bits per heavy atom. The number of nitrogens with one attached hydrogen (secondary N) is 5. The first-order chi connectivity index (χ1) is 28.5. The van der Waals surface area contributed by atoms with Crippen LogP contribution in [0.25, 0.3) is 0 Å². The van der Waals surface area contributed by atoms with Gasteiger partial charge in [-0.1, -0.05) is 18.2 Å². The largest absolute Gasteiger partial charge is 0.494 e. The molecule has 7 rings (SSSR count). The summed E-state index contributed by atoms with van der Waals surface area (Å²) in [5.41, 5.74) is 5.14. The van der Waals surface area contributed by atoms with E-state index in [2.05, 4.69) is 41.8 Å². The first-order valence-electron chi connectivity index (χ1n) is 19.8. The number of anilines is 2. The second-order valence-electron chi connectivity index (χ2n) is 14.9. The van der Waals surface area contributed by atoms with Gasteiger partial charge in [-0.25, -0.2) is 9.97 Å². The minimum absolute atomic E-state index is 0. The van der Waals surface area contributed by atoms with Crippen LogP contribution in [-0.2, 0) is 16.1 Å². The standard InChI is InChI=1S/C43H49N11O5.3H2/c1-28(49-41(56)30-5-3-6-32(23-30)47-25-38(44)51(2)40(45)36-15-16-46-27-48-36)29-7-10-34(11-8-29)59-22-4-17-52-18-20-53(21-19-52)33-9-12-35-31(24-33)26-54(43(35)58)37-13-14-39(55)50-42(37)57;;;/h3,5-12,15-16,23-24,27-28,37,44-45,47H,4,13-14,17-22,25-26H2,1-2H3,(H,49,56)(H,50,55,57);3*1H/t28-,37?;;;/m1.../s1. The maximum absolute atomic E-state index is 13.2. The molecule has 3 aliphatic rings. The van der Waals surface area contributed by atoms with E-state index in [-0.39, 0.29) is 52.7 Å². The van der Waals surface area contributed by atoms with E-state index in [4.69, 9.17) is 15.6 Å². The van der Waals surface area contributed by atoms with Crippen molar-refractivity contribution < 1.29 is 28.2 Å². The number of likely N-dealkylation sites (N-methyl/N-ethyl adjacent to an activating group) is 1. The van der Waals surface area contributed by atoms with Crippen molar-refractivity contribution in [2.45, 2.75) is 44.8 Å². The van der Waals surface area contributed by atoms with Crippen molar-refractivity contribution in [3.63, 3.8) is 0 Å². The van der Waals surface area contributed by atoms with E-state index in [0.717, 1.165) is 61.7 Å². The van der Waals surface area contributed by atoms with Gasteiger partial charge in [0.05, 0.1) is 19.2 Å². The van der Waals surface area contributed by atoms with E-state index in [1.165, 1.54) is 11.2 Å². The minimum atomic E-state index is -0.615. The van der Waals surface area contributed by atoms with Gasteiger partial charge in [0.2, 0.25) is 11.8 Å². The van der Waals surface area contributed by atoms with Gasteiger partial charge in [-0.3, -0.25) is 40.2 Å². The Balaban J connectivity index is 0.00000282. The third kappa shape index (κ3) is 9.72. The van der Waals surface area contributed by atoms with Crippen LogP contribution in [0.1, 0.15) is 74.0 Å². The summed E-state index contributed by atoms with van der Waals surface area (Å²) in [5.74, 6) is -0.0462. The Morgan fingerprint density at radius 2 is 1.83 bits per heavy atom. The molecular weight excluding hydrogens is 751 g/mol. The molecule has 4 aromatic rings. The summed E-state index contributed by atoms with van der Waals surface area (Å²) < 4.78 is 6.05. The topological polar surface area (TPSA) is 200 Å². The second kappa shape index (κ2) is 18.3. The number of hydrogen-bond donors (Lipinski definition) is 5. The predicted molar refractivity (Wildman–Crippen MR) is 229 cm³/mol. The Bertz CT molecular complexity index is 2230. The fourth-order valence-corrected chi connectivity index (χ4v) is 7.49. The molecule has 2 fully saturated rings. The molecule has 1 unspecified atom stereocenters. The lowest BCUT2D eigenvalue weighted by Gasteiger charge is -2.36. The number of ether oxygens (including phenoxy) is 1. The molecule has 4 heterocycles. The van der Waals surface area contributed by atoms with E-state index in [1.807, 2.05) is 49.4 Å². The van der Waals surface area contributed by atoms with Crippen LogP contribution >= 0.6 is 0 Å². The van der Waals surface area contributed by atoms with Crippen LogP contribution in [0.3, 0.4) is 0 Å². The van der Waals surface area contributed by atoms with Crippen molar-refractivity contribution in [1.82, 2.24) is 35.3 Å².